The minimum absolute atomic E-state index is 0.116. The summed E-state index contributed by atoms with van der Waals surface area (Å²) in [5, 5.41) is 4.61. The van der Waals surface area contributed by atoms with E-state index in [0.717, 1.165) is 4.68 Å². The van der Waals surface area contributed by atoms with E-state index in [-0.39, 0.29) is 15.6 Å². The summed E-state index contributed by atoms with van der Waals surface area (Å²) in [4.78, 5) is 28.6. The summed E-state index contributed by atoms with van der Waals surface area (Å²) >= 11 is 11.9. The van der Waals surface area contributed by atoms with Crippen molar-refractivity contribution in [2.75, 3.05) is 5.43 Å². The van der Waals surface area contributed by atoms with Gasteiger partial charge >= 0.3 is 0 Å². The summed E-state index contributed by atoms with van der Waals surface area (Å²) in [6.07, 6.45) is 2.60. The van der Waals surface area contributed by atoms with Crippen LogP contribution in [0.4, 0.5) is 0 Å². The van der Waals surface area contributed by atoms with Gasteiger partial charge in [-0.15, -0.1) is 0 Å². The van der Waals surface area contributed by atoms with Crippen molar-refractivity contribution in [3.63, 3.8) is 0 Å². The number of benzene rings is 1. The maximum absolute atomic E-state index is 12.3. The number of rotatable bonds is 2. The Morgan fingerprint density at radius 1 is 1.32 bits per heavy atom. The molecule has 0 unspecified atom stereocenters. The quantitative estimate of drug-likeness (QED) is 0.773. The molecule has 0 aliphatic heterocycles. The van der Waals surface area contributed by atoms with Crippen LogP contribution in [0.25, 0.3) is 11.0 Å². The molecular weight excluding hydrogens is 329 g/mol. The van der Waals surface area contributed by atoms with E-state index >= 15 is 0 Å². The Kier molecular flexibility index (Phi) is 3.59. The monoisotopic (exact) mass is 337 g/mol. The summed E-state index contributed by atoms with van der Waals surface area (Å²) in [5.74, 6) is -0.570. The topological polar surface area (TPSA) is 81.8 Å². The van der Waals surface area contributed by atoms with Crippen molar-refractivity contribution >= 4 is 40.1 Å². The van der Waals surface area contributed by atoms with E-state index in [1.54, 1.807) is 19.2 Å². The van der Waals surface area contributed by atoms with Crippen LogP contribution in [0, 0.1) is 0 Å². The second-order valence-electron chi connectivity index (χ2n) is 4.47. The van der Waals surface area contributed by atoms with Gasteiger partial charge in [0.05, 0.1) is 21.8 Å². The second kappa shape index (κ2) is 5.43. The Labute approximate surface area is 134 Å². The molecular formula is C13H9Cl2N5O2. The van der Waals surface area contributed by atoms with E-state index < -0.39 is 11.5 Å². The summed E-state index contributed by atoms with van der Waals surface area (Å²) < 4.78 is 2.44. The summed E-state index contributed by atoms with van der Waals surface area (Å²) in [7, 11) is 1.67. The van der Waals surface area contributed by atoms with E-state index in [1.165, 1.54) is 23.3 Å². The van der Waals surface area contributed by atoms with E-state index in [1.807, 2.05) is 0 Å². The molecule has 0 radical (unpaired) electrons. The molecule has 2 aromatic heterocycles. The lowest BCUT2D eigenvalue weighted by molar-refractivity contribution is 0.101. The Morgan fingerprint density at radius 3 is 2.86 bits per heavy atom. The van der Waals surface area contributed by atoms with Crippen LogP contribution in [-0.2, 0) is 7.05 Å². The molecule has 0 spiro atoms. The molecule has 7 nitrogen and oxygen atoms in total. The molecule has 0 aliphatic rings. The lowest BCUT2D eigenvalue weighted by Gasteiger charge is -2.09. The van der Waals surface area contributed by atoms with Crippen LogP contribution >= 0.6 is 23.2 Å². The molecule has 9 heteroatoms. The molecule has 22 heavy (non-hydrogen) atoms. The summed E-state index contributed by atoms with van der Waals surface area (Å²) in [6, 6.07) is 4.66. The first-order valence-corrected chi connectivity index (χ1v) is 6.89. The lowest BCUT2D eigenvalue weighted by atomic mass is 10.2. The van der Waals surface area contributed by atoms with Crippen molar-refractivity contribution in [3.05, 3.63) is 56.7 Å². The highest BCUT2D eigenvalue weighted by Gasteiger charge is 2.15. The first-order valence-electron chi connectivity index (χ1n) is 6.14. The number of amides is 1. The fourth-order valence-electron chi connectivity index (χ4n) is 1.96. The number of carbonyl (C=O) groups excluding carboxylic acids is 1. The van der Waals surface area contributed by atoms with Gasteiger partial charge in [0.2, 0.25) is 0 Å². The van der Waals surface area contributed by atoms with Crippen molar-refractivity contribution in [1.82, 2.24) is 19.4 Å². The SMILES string of the molecule is Cn1ncc2c(=O)n(NC(=O)c3cccc(Cl)c3Cl)cnc21. The highest BCUT2D eigenvalue weighted by molar-refractivity contribution is 6.44. The third kappa shape index (κ3) is 2.34. The molecule has 1 aromatic carbocycles. The van der Waals surface area contributed by atoms with Crippen LogP contribution in [0.3, 0.4) is 0 Å². The van der Waals surface area contributed by atoms with Gasteiger partial charge in [0.25, 0.3) is 11.5 Å². The molecule has 112 valence electrons. The smallest absolute Gasteiger partial charge is 0.267 e. The molecule has 0 saturated carbocycles. The van der Waals surface area contributed by atoms with Gasteiger partial charge in [0, 0.05) is 7.05 Å². The molecule has 0 bridgehead atoms. The number of nitrogens with zero attached hydrogens (tertiary/aromatic N) is 4. The molecule has 1 N–H and O–H groups in total. The highest BCUT2D eigenvalue weighted by Crippen LogP contribution is 2.25. The first kappa shape index (κ1) is 14.6. The second-order valence-corrected chi connectivity index (χ2v) is 5.25. The van der Waals surface area contributed by atoms with E-state index in [0.29, 0.717) is 11.0 Å². The fourth-order valence-corrected chi connectivity index (χ4v) is 2.34. The third-order valence-corrected chi connectivity index (χ3v) is 3.89. The van der Waals surface area contributed by atoms with Crippen LogP contribution < -0.4 is 11.0 Å². The van der Waals surface area contributed by atoms with Crippen molar-refractivity contribution in [2.24, 2.45) is 7.05 Å². The number of aryl methyl sites for hydroxylation is 1. The number of aromatic nitrogens is 4. The summed E-state index contributed by atoms with van der Waals surface area (Å²) in [5.41, 5.74) is 2.57. The van der Waals surface area contributed by atoms with Gasteiger partial charge in [-0.2, -0.15) is 5.10 Å². The Balaban J connectivity index is 1.99. The molecule has 3 aromatic rings. The van der Waals surface area contributed by atoms with E-state index in [2.05, 4.69) is 15.5 Å². The third-order valence-electron chi connectivity index (χ3n) is 3.07. The number of nitrogens with one attached hydrogen (secondary N) is 1. The van der Waals surface area contributed by atoms with Crippen molar-refractivity contribution in [3.8, 4) is 0 Å². The number of fused-ring (bicyclic) bond motifs is 1. The van der Waals surface area contributed by atoms with Gasteiger partial charge in [0.15, 0.2) is 5.65 Å². The van der Waals surface area contributed by atoms with Crippen LogP contribution in [0.5, 0.6) is 0 Å². The van der Waals surface area contributed by atoms with E-state index in [9.17, 15) is 9.59 Å². The van der Waals surface area contributed by atoms with E-state index in [4.69, 9.17) is 23.2 Å². The Hall–Kier alpha value is -2.38. The zero-order valence-electron chi connectivity index (χ0n) is 11.2. The zero-order chi connectivity index (χ0) is 15.9. The van der Waals surface area contributed by atoms with Crippen molar-refractivity contribution < 1.29 is 4.79 Å². The van der Waals surface area contributed by atoms with Gasteiger partial charge < -0.3 is 0 Å². The maximum atomic E-state index is 12.3. The van der Waals surface area contributed by atoms with Crippen LogP contribution in [0.2, 0.25) is 10.0 Å². The molecule has 0 saturated heterocycles. The molecule has 0 aliphatic carbocycles. The molecule has 2 heterocycles. The molecule has 3 rings (SSSR count). The fraction of sp³-hybridized carbons (Fsp3) is 0.0769. The van der Waals surface area contributed by atoms with Gasteiger partial charge in [-0.25, -0.2) is 9.66 Å². The maximum Gasteiger partial charge on any atom is 0.283 e. The Bertz CT molecular complexity index is 947. The van der Waals surface area contributed by atoms with Gasteiger partial charge in [0.1, 0.15) is 11.7 Å². The number of hydrogen-bond donors (Lipinski definition) is 1. The average molecular weight is 338 g/mol. The number of hydrogen-bond acceptors (Lipinski definition) is 4. The van der Waals surface area contributed by atoms with Crippen molar-refractivity contribution in [2.45, 2.75) is 0 Å². The van der Waals surface area contributed by atoms with Crippen LogP contribution in [-0.4, -0.2) is 25.3 Å². The van der Waals surface area contributed by atoms with Crippen LogP contribution in [0.1, 0.15) is 10.4 Å². The largest absolute Gasteiger partial charge is 0.283 e. The standard InChI is InChI=1S/C13H9Cl2N5O2/c1-19-11-8(5-17-19)13(22)20(6-16-11)18-12(21)7-3-2-4-9(14)10(7)15/h2-6H,1H3,(H,18,21). The lowest BCUT2D eigenvalue weighted by Crippen LogP contribution is -2.33. The number of carbonyl (C=O) groups is 1. The first-order chi connectivity index (χ1) is 10.5. The molecule has 1 amide bonds. The van der Waals surface area contributed by atoms with Gasteiger partial charge in [-0.1, -0.05) is 29.3 Å². The molecule has 0 fully saturated rings. The van der Waals surface area contributed by atoms with Crippen molar-refractivity contribution in [1.29, 1.82) is 0 Å². The van der Waals surface area contributed by atoms with Crippen LogP contribution in [0.15, 0.2) is 35.5 Å². The predicted octanol–water partition coefficient (Wildman–Crippen LogP) is 1.82. The average Bonchev–Trinajstić information content (AvgIpc) is 2.87. The van der Waals surface area contributed by atoms with Gasteiger partial charge in [-0.3, -0.25) is 19.7 Å². The zero-order valence-corrected chi connectivity index (χ0v) is 12.8. The molecule has 0 atom stereocenters. The summed E-state index contributed by atoms with van der Waals surface area (Å²) in [6.45, 7) is 0. The predicted molar refractivity (Wildman–Crippen MR) is 82.9 cm³/mol. The Morgan fingerprint density at radius 2 is 2.09 bits per heavy atom. The minimum atomic E-state index is -0.570. The normalized spacial score (nSPS) is 10.9. The minimum Gasteiger partial charge on any atom is -0.267 e. The highest BCUT2D eigenvalue weighted by atomic mass is 35.5. The van der Waals surface area contributed by atoms with Gasteiger partial charge in [-0.05, 0) is 12.1 Å². The number of halogens is 2.